The average Bonchev–Trinajstić information content (AvgIpc) is 3.30. The molecule has 2 nitrogen and oxygen atoms in total. The van der Waals surface area contributed by atoms with Gasteiger partial charge in [0.25, 0.3) is 0 Å². The maximum absolute atomic E-state index is 9.21. The number of nitrogens with one attached hydrogen (secondary N) is 1. The zero-order chi connectivity index (χ0) is 13.1. The van der Waals surface area contributed by atoms with E-state index in [0.717, 1.165) is 17.2 Å². The minimum absolute atomic E-state index is 0.0922. The lowest BCUT2D eigenvalue weighted by Crippen LogP contribution is -2.12. The van der Waals surface area contributed by atoms with Gasteiger partial charge in [0.1, 0.15) is 0 Å². The van der Waals surface area contributed by atoms with Crippen LogP contribution in [-0.4, -0.2) is 5.11 Å². The number of aliphatic hydroxyl groups excluding tert-OH is 1. The number of hydrogen-bond donors (Lipinski definition) is 2. The Hall–Kier alpha value is -1.80. The van der Waals surface area contributed by atoms with Crippen molar-refractivity contribution >= 4 is 5.69 Å². The number of benzene rings is 2. The van der Waals surface area contributed by atoms with Crippen LogP contribution in [0.4, 0.5) is 5.69 Å². The first kappa shape index (κ1) is 12.2. The highest BCUT2D eigenvalue weighted by Crippen LogP contribution is 2.42. The second-order valence-corrected chi connectivity index (χ2v) is 5.23. The van der Waals surface area contributed by atoms with Gasteiger partial charge in [-0.3, -0.25) is 0 Å². The summed E-state index contributed by atoms with van der Waals surface area (Å²) in [6, 6.07) is 19.0. The van der Waals surface area contributed by atoms with Gasteiger partial charge in [0.15, 0.2) is 0 Å². The summed E-state index contributed by atoms with van der Waals surface area (Å²) in [5.41, 5.74) is 3.39. The molecule has 0 radical (unpaired) electrons. The normalized spacial score (nSPS) is 16.1. The van der Waals surface area contributed by atoms with E-state index in [1.165, 1.54) is 18.4 Å². The van der Waals surface area contributed by atoms with E-state index in [9.17, 15) is 5.11 Å². The van der Waals surface area contributed by atoms with Crippen LogP contribution >= 0.6 is 0 Å². The Balaban J connectivity index is 1.82. The third-order valence-corrected chi connectivity index (χ3v) is 3.68. The first-order valence-electron chi connectivity index (χ1n) is 6.88. The molecular weight excluding hydrogens is 234 g/mol. The van der Waals surface area contributed by atoms with E-state index in [-0.39, 0.29) is 6.61 Å². The molecule has 2 aromatic carbocycles. The highest BCUT2D eigenvalue weighted by molar-refractivity contribution is 5.48. The second kappa shape index (κ2) is 5.45. The van der Waals surface area contributed by atoms with Crippen LogP contribution in [0.25, 0.3) is 0 Å². The summed E-state index contributed by atoms with van der Waals surface area (Å²) < 4.78 is 0. The van der Waals surface area contributed by atoms with Crippen LogP contribution in [0.5, 0.6) is 0 Å². The van der Waals surface area contributed by atoms with Gasteiger partial charge in [0, 0.05) is 5.69 Å². The number of rotatable bonds is 5. The van der Waals surface area contributed by atoms with E-state index in [1.807, 2.05) is 18.2 Å². The third kappa shape index (κ3) is 2.96. The lowest BCUT2D eigenvalue weighted by atomic mass is 10.0. The highest BCUT2D eigenvalue weighted by atomic mass is 16.3. The van der Waals surface area contributed by atoms with Crippen LogP contribution < -0.4 is 5.32 Å². The average molecular weight is 253 g/mol. The SMILES string of the molecule is OCc1cccc(NC(c2ccccc2)C2CC2)c1. The molecule has 2 aromatic rings. The Morgan fingerprint density at radius 1 is 1.05 bits per heavy atom. The largest absolute Gasteiger partial charge is 0.392 e. The van der Waals surface area contributed by atoms with Crippen LogP contribution in [0, 0.1) is 5.92 Å². The van der Waals surface area contributed by atoms with Crippen molar-refractivity contribution in [3.8, 4) is 0 Å². The van der Waals surface area contributed by atoms with Crippen molar-refractivity contribution in [1.82, 2.24) is 0 Å². The third-order valence-electron chi connectivity index (χ3n) is 3.68. The standard InChI is InChI=1S/C17H19NO/c19-12-13-5-4-8-16(11-13)18-17(15-9-10-15)14-6-2-1-3-7-14/h1-8,11,15,17-19H,9-10,12H2. The molecule has 0 saturated heterocycles. The Morgan fingerprint density at radius 3 is 2.53 bits per heavy atom. The Kier molecular flexibility index (Phi) is 3.51. The van der Waals surface area contributed by atoms with Gasteiger partial charge in [-0.15, -0.1) is 0 Å². The molecule has 1 atom stereocenters. The van der Waals surface area contributed by atoms with Crippen molar-refractivity contribution in [1.29, 1.82) is 0 Å². The molecule has 19 heavy (non-hydrogen) atoms. The number of aliphatic hydroxyl groups is 1. The van der Waals surface area contributed by atoms with Gasteiger partial charge in [-0.25, -0.2) is 0 Å². The van der Waals surface area contributed by atoms with E-state index >= 15 is 0 Å². The van der Waals surface area contributed by atoms with Crippen LogP contribution in [0.15, 0.2) is 54.6 Å². The summed E-state index contributed by atoms with van der Waals surface area (Å²) in [6.07, 6.45) is 2.60. The first-order valence-corrected chi connectivity index (χ1v) is 6.88. The van der Waals surface area contributed by atoms with Crippen molar-refractivity contribution in [2.45, 2.75) is 25.5 Å². The van der Waals surface area contributed by atoms with Crippen LogP contribution in [0.2, 0.25) is 0 Å². The molecule has 1 aliphatic carbocycles. The van der Waals surface area contributed by atoms with Crippen molar-refractivity contribution in [3.63, 3.8) is 0 Å². The van der Waals surface area contributed by atoms with Crippen LogP contribution in [0.1, 0.15) is 30.0 Å². The summed E-state index contributed by atoms with van der Waals surface area (Å²) in [4.78, 5) is 0. The molecule has 0 amide bonds. The van der Waals surface area contributed by atoms with Crippen LogP contribution in [-0.2, 0) is 6.61 Å². The smallest absolute Gasteiger partial charge is 0.0682 e. The molecule has 2 heteroatoms. The monoisotopic (exact) mass is 253 g/mol. The molecule has 1 saturated carbocycles. The molecule has 98 valence electrons. The lowest BCUT2D eigenvalue weighted by Gasteiger charge is -2.20. The van der Waals surface area contributed by atoms with Crippen molar-refractivity contribution in [3.05, 3.63) is 65.7 Å². The molecule has 2 N–H and O–H groups in total. The van der Waals surface area contributed by atoms with Gasteiger partial charge >= 0.3 is 0 Å². The zero-order valence-electron chi connectivity index (χ0n) is 10.9. The van der Waals surface area contributed by atoms with Crippen molar-refractivity contribution in [2.75, 3.05) is 5.32 Å². The van der Waals surface area contributed by atoms with E-state index in [2.05, 4.69) is 41.7 Å². The lowest BCUT2D eigenvalue weighted by molar-refractivity contribution is 0.282. The van der Waals surface area contributed by atoms with E-state index in [0.29, 0.717) is 6.04 Å². The molecule has 3 rings (SSSR count). The summed E-state index contributed by atoms with van der Waals surface area (Å²) in [5.74, 6) is 0.736. The van der Waals surface area contributed by atoms with E-state index in [1.54, 1.807) is 0 Å². The predicted octanol–water partition coefficient (Wildman–Crippen LogP) is 3.74. The summed E-state index contributed by atoms with van der Waals surface area (Å²) in [6.45, 7) is 0.0922. The van der Waals surface area contributed by atoms with Gasteiger partial charge in [-0.2, -0.15) is 0 Å². The van der Waals surface area contributed by atoms with Crippen molar-refractivity contribution < 1.29 is 5.11 Å². The molecule has 1 fully saturated rings. The fraction of sp³-hybridized carbons (Fsp3) is 0.294. The maximum atomic E-state index is 9.21. The zero-order valence-corrected chi connectivity index (χ0v) is 10.9. The van der Waals surface area contributed by atoms with Gasteiger partial charge in [-0.05, 0) is 42.0 Å². The molecule has 1 aliphatic rings. The Morgan fingerprint density at radius 2 is 1.84 bits per heavy atom. The van der Waals surface area contributed by atoms with Gasteiger partial charge in [0.2, 0.25) is 0 Å². The van der Waals surface area contributed by atoms with Gasteiger partial charge in [-0.1, -0.05) is 42.5 Å². The number of anilines is 1. The highest BCUT2D eigenvalue weighted by Gasteiger charge is 2.32. The Bertz CT molecular complexity index is 534. The molecule has 1 unspecified atom stereocenters. The van der Waals surface area contributed by atoms with Crippen LogP contribution in [0.3, 0.4) is 0 Å². The minimum Gasteiger partial charge on any atom is -0.392 e. The fourth-order valence-electron chi connectivity index (χ4n) is 2.50. The quantitative estimate of drug-likeness (QED) is 0.850. The molecule has 0 aliphatic heterocycles. The number of hydrogen-bond acceptors (Lipinski definition) is 2. The minimum atomic E-state index is 0.0922. The Labute approximate surface area is 114 Å². The fourth-order valence-corrected chi connectivity index (χ4v) is 2.50. The van der Waals surface area contributed by atoms with E-state index < -0.39 is 0 Å². The maximum Gasteiger partial charge on any atom is 0.0682 e. The van der Waals surface area contributed by atoms with Gasteiger partial charge < -0.3 is 10.4 Å². The summed E-state index contributed by atoms with van der Waals surface area (Å²) >= 11 is 0. The first-order chi connectivity index (χ1) is 9.36. The van der Waals surface area contributed by atoms with Crippen molar-refractivity contribution in [2.24, 2.45) is 5.92 Å². The molecule has 0 bridgehead atoms. The second-order valence-electron chi connectivity index (χ2n) is 5.23. The molecule has 0 heterocycles. The molecular formula is C17H19NO. The predicted molar refractivity (Wildman–Crippen MR) is 77.9 cm³/mol. The summed E-state index contributed by atoms with van der Waals surface area (Å²) in [5, 5.41) is 12.8. The van der Waals surface area contributed by atoms with E-state index in [4.69, 9.17) is 0 Å². The molecule has 0 spiro atoms. The summed E-state index contributed by atoms with van der Waals surface area (Å²) in [7, 11) is 0. The topological polar surface area (TPSA) is 32.3 Å². The molecule has 0 aromatic heterocycles. The van der Waals surface area contributed by atoms with Gasteiger partial charge in [0.05, 0.1) is 12.6 Å².